The molecule has 1 aromatic heterocycles. The summed E-state index contributed by atoms with van der Waals surface area (Å²) in [7, 11) is 0. The van der Waals surface area contributed by atoms with E-state index in [-0.39, 0.29) is 12.3 Å². The first-order chi connectivity index (χ1) is 13.2. The van der Waals surface area contributed by atoms with Crippen LogP contribution < -0.4 is 10.2 Å². The zero-order chi connectivity index (χ0) is 18.6. The number of amides is 1. The van der Waals surface area contributed by atoms with Gasteiger partial charge in [-0.15, -0.1) is 0 Å². The van der Waals surface area contributed by atoms with E-state index in [0.29, 0.717) is 11.3 Å². The number of rotatable bonds is 5. The van der Waals surface area contributed by atoms with Crippen LogP contribution in [0.2, 0.25) is 0 Å². The molecule has 27 heavy (non-hydrogen) atoms. The van der Waals surface area contributed by atoms with Crippen LogP contribution in [0.4, 0.5) is 11.4 Å². The van der Waals surface area contributed by atoms with Gasteiger partial charge >= 0.3 is 0 Å². The lowest BCUT2D eigenvalue weighted by Gasteiger charge is -2.36. The minimum atomic E-state index is -0.0892. The molecule has 1 fully saturated rings. The van der Waals surface area contributed by atoms with Gasteiger partial charge in [-0.05, 0) is 30.8 Å². The van der Waals surface area contributed by atoms with Crippen LogP contribution in [0.15, 0.2) is 53.1 Å². The molecule has 0 saturated carbocycles. The van der Waals surface area contributed by atoms with Crippen LogP contribution in [0.25, 0.3) is 11.0 Å². The Morgan fingerprint density at radius 3 is 2.63 bits per heavy atom. The molecule has 1 N–H and O–H groups in total. The van der Waals surface area contributed by atoms with Gasteiger partial charge in [-0.25, -0.2) is 0 Å². The van der Waals surface area contributed by atoms with Crippen molar-refractivity contribution in [2.24, 2.45) is 0 Å². The van der Waals surface area contributed by atoms with Gasteiger partial charge in [0, 0.05) is 31.6 Å². The summed E-state index contributed by atoms with van der Waals surface area (Å²) in [6.45, 7) is 7.30. The summed E-state index contributed by atoms with van der Waals surface area (Å²) in [4.78, 5) is 17.4. The Morgan fingerprint density at radius 1 is 1.07 bits per heavy atom. The van der Waals surface area contributed by atoms with E-state index < -0.39 is 0 Å². The molecule has 1 amide bonds. The average Bonchev–Trinajstić information content (AvgIpc) is 3.11. The molecule has 2 heterocycles. The van der Waals surface area contributed by atoms with Crippen LogP contribution in [-0.2, 0) is 11.2 Å². The fourth-order valence-electron chi connectivity index (χ4n) is 3.57. The number of hydrogen-bond donors (Lipinski definition) is 1. The first-order valence-electron chi connectivity index (χ1n) is 9.44. The Morgan fingerprint density at radius 2 is 1.81 bits per heavy atom. The second-order valence-electron chi connectivity index (χ2n) is 6.79. The van der Waals surface area contributed by atoms with Crippen molar-refractivity contribution in [1.82, 2.24) is 10.1 Å². The van der Waals surface area contributed by atoms with Gasteiger partial charge in [0.2, 0.25) is 5.91 Å². The number of benzene rings is 2. The molecule has 0 atom stereocenters. The Bertz CT molecular complexity index is 929. The average molecular weight is 364 g/mol. The number of carbonyl (C=O) groups excluding carboxylic acids is 1. The lowest BCUT2D eigenvalue weighted by molar-refractivity contribution is -0.115. The van der Waals surface area contributed by atoms with Gasteiger partial charge in [0.05, 0.1) is 17.8 Å². The van der Waals surface area contributed by atoms with Crippen molar-refractivity contribution in [2.75, 3.05) is 42.9 Å². The number of piperazine rings is 1. The van der Waals surface area contributed by atoms with Crippen LogP contribution in [0.3, 0.4) is 0 Å². The molecule has 0 aliphatic carbocycles. The standard InChI is InChI=1S/C21H24N4O2/c1-2-24-11-13-25(14-12-24)19-9-5-4-8-17(19)22-21(26)15-18-16-7-3-6-10-20(16)27-23-18/h3-10H,2,11-15H2,1H3,(H,22,26). The first kappa shape index (κ1) is 17.5. The number of fused-ring (bicyclic) bond motifs is 1. The highest BCUT2D eigenvalue weighted by Gasteiger charge is 2.19. The number of nitrogens with zero attached hydrogens (tertiary/aromatic N) is 3. The van der Waals surface area contributed by atoms with Crippen LogP contribution >= 0.6 is 0 Å². The highest BCUT2D eigenvalue weighted by atomic mass is 16.5. The van der Waals surface area contributed by atoms with E-state index >= 15 is 0 Å². The van der Waals surface area contributed by atoms with Gasteiger partial charge in [-0.2, -0.15) is 0 Å². The lowest BCUT2D eigenvalue weighted by Crippen LogP contribution is -2.46. The molecule has 3 aromatic rings. The Hall–Kier alpha value is -2.86. The van der Waals surface area contributed by atoms with E-state index in [4.69, 9.17) is 4.52 Å². The number of carbonyl (C=O) groups is 1. The topological polar surface area (TPSA) is 61.6 Å². The molecule has 140 valence electrons. The van der Waals surface area contributed by atoms with Crippen molar-refractivity contribution in [3.63, 3.8) is 0 Å². The quantitative estimate of drug-likeness (QED) is 0.754. The van der Waals surface area contributed by atoms with Crippen molar-refractivity contribution < 1.29 is 9.32 Å². The van der Waals surface area contributed by atoms with E-state index in [1.807, 2.05) is 42.5 Å². The third-order valence-corrected chi connectivity index (χ3v) is 5.12. The van der Waals surface area contributed by atoms with Gasteiger partial charge in [0.25, 0.3) is 0 Å². The molecule has 1 saturated heterocycles. The Balaban J connectivity index is 1.47. The minimum absolute atomic E-state index is 0.0892. The van der Waals surface area contributed by atoms with Crippen LogP contribution in [0.5, 0.6) is 0 Å². The number of anilines is 2. The van der Waals surface area contributed by atoms with Crippen LogP contribution in [0, 0.1) is 0 Å². The number of nitrogens with one attached hydrogen (secondary N) is 1. The van der Waals surface area contributed by atoms with Gasteiger partial charge in [-0.3, -0.25) is 4.79 Å². The second kappa shape index (κ2) is 7.80. The fourth-order valence-corrected chi connectivity index (χ4v) is 3.57. The summed E-state index contributed by atoms with van der Waals surface area (Å²) in [6.07, 6.45) is 0.189. The highest BCUT2D eigenvalue weighted by molar-refractivity contribution is 5.97. The number of para-hydroxylation sites is 3. The minimum Gasteiger partial charge on any atom is -0.367 e. The summed E-state index contributed by atoms with van der Waals surface area (Å²) in [5, 5.41) is 8.00. The lowest BCUT2D eigenvalue weighted by atomic mass is 10.1. The first-order valence-corrected chi connectivity index (χ1v) is 9.44. The smallest absolute Gasteiger partial charge is 0.230 e. The molecule has 0 spiro atoms. The zero-order valence-electron chi connectivity index (χ0n) is 15.5. The molecule has 6 heteroatoms. The zero-order valence-corrected chi connectivity index (χ0v) is 15.5. The van der Waals surface area contributed by atoms with E-state index in [2.05, 4.69) is 33.3 Å². The van der Waals surface area contributed by atoms with Gasteiger partial charge < -0.3 is 19.6 Å². The maximum atomic E-state index is 12.6. The number of hydrogen-bond acceptors (Lipinski definition) is 5. The van der Waals surface area contributed by atoms with Crippen molar-refractivity contribution in [1.29, 1.82) is 0 Å². The maximum absolute atomic E-state index is 12.6. The maximum Gasteiger partial charge on any atom is 0.230 e. The van der Waals surface area contributed by atoms with Gasteiger partial charge in [0.1, 0.15) is 5.69 Å². The van der Waals surface area contributed by atoms with Crippen LogP contribution in [-0.4, -0.2) is 48.7 Å². The Kier molecular flexibility index (Phi) is 5.07. The van der Waals surface area contributed by atoms with Crippen molar-refractivity contribution in [3.8, 4) is 0 Å². The molecule has 4 rings (SSSR count). The third kappa shape index (κ3) is 3.80. The highest BCUT2D eigenvalue weighted by Crippen LogP contribution is 2.27. The summed E-state index contributed by atoms with van der Waals surface area (Å²) in [5.41, 5.74) is 3.29. The monoisotopic (exact) mass is 364 g/mol. The van der Waals surface area contributed by atoms with Crippen LogP contribution in [0.1, 0.15) is 12.6 Å². The molecule has 0 radical (unpaired) electrons. The summed E-state index contributed by atoms with van der Waals surface area (Å²) in [6, 6.07) is 15.6. The normalized spacial score (nSPS) is 15.2. The second-order valence-corrected chi connectivity index (χ2v) is 6.79. The molecular weight excluding hydrogens is 340 g/mol. The fraction of sp³-hybridized carbons (Fsp3) is 0.333. The summed E-state index contributed by atoms with van der Waals surface area (Å²) < 4.78 is 5.30. The van der Waals surface area contributed by atoms with E-state index in [9.17, 15) is 4.79 Å². The van der Waals surface area contributed by atoms with Crippen molar-refractivity contribution in [2.45, 2.75) is 13.3 Å². The molecule has 1 aliphatic heterocycles. The summed E-state index contributed by atoms with van der Waals surface area (Å²) in [5.74, 6) is -0.0892. The molecule has 0 unspecified atom stereocenters. The summed E-state index contributed by atoms with van der Waals surface area (Å²) >= 11 is 0. The SMILES string of the molecule is CCN1CCN(c2ccccc2NC(=O)Cc2noc3ccccc23)CC1. The molecule has 6 nitrogen and oxygen atoms in total. The number of likely N-dealkylation sites (N-methyl/N-ethyl adjacent to an activating group) is 1. The Labute approximate surface area is 158 Å². The van der Waals surface area contributed by atoms with E-state index in [1.165, 1.54) is 0 Å². The molecule has 0 bridgehead atoms. The predicted octanol–water partition coefficient (Wildman–Crippen LogP) is 3.15. The molecule has 2 aromatic carbocycles. The van der Waals surface area contributed by atoms with E-state index in [0.717, 1.165) is 49.5 Å². The molecular formula is C21H24N4O2. The van der Waals surface area contributed by atoms with Crippen molar-refractivity contribution in [3.05, 3.63) is 54.2 Å². The van der Waals surface area contributed by atoms with Crippen molar-refractivity contribution >= 4 is 28.3 Å². The largest absolute Gasteiger partial charge is 0.367 e. The van der Waals surface area contributed by atoms with E-state index in [1.54, 1.807) is 0 Å². The predicted molar refractivity (Wildman–Crippen MR) is 107 cm³/mol. The third-order valence-electron chi connectivity index (χ3n) is 5.12. The number of aromatic nitrogens is 1. The molecule has 1 aliphatic rings. The van der Waals surface area contributed by atoms with Gasteiger partial charge in [-0.1, -0.05) is 36.3 Å². The van der Waals surface area contributed by atoms with Gasteiger partial charge in [0.15, 0.2) is 5.58 Å².